The molecule has 0 heterocycles. The van der Waals surface area contributed by atoms with E-state index in [1.165, 1.54) is 25.7 Å². The van der Waals surface area contributed by atoms with Crippen LogP contribution in [-0.4, -0.2) is 5.91 Å². The second kappa shape index (κ2) is 9.40. The van der Waals surface area contributed by atoms with Gasteiger partial charge < -0.3 is 11.1 Å². The summed E-state index contributed by atoms with van der Waals surface area (Å²) in [5, 5.41) is 3.04. The van der Waals surface area contributed by atoms with Crippen molar-refractivity contribution in [2.75, 3.05) is 5.73 Å². The van der Waals surface area contributed by atoms with Crippen LogP contribution in [0.15, 0.2) is 24.3 Å². The highest BCUT2D eigenvalue weighted by Crippen LogP contribution is 2.14. The summed E-state index contributed by atoms with van der Waals surface area (Å²) in [6, 6.07) is 7.70. The Morgan fingerprint density at radius 1 is 1.10 bits per heavy atom. The van der Waals surface area contributed by atoms with E-state index in [-0.39, 0.29) is 11.9 Å². The van der Waals surface area contributed by atoms with Crippen LogP contribution >= 0.6 is 0 Å². The molecule has 1 amide bonds. The van der Waals surface area contributed by atoms with Crippen molar-refractivity contribution in [1.29, 1.82) is 0 Å². The maximum absolute atomic E-state index is 11.8. The lowest BCUT2D eigenvalue weighted by atomic mass is 10.1. The van der Waals surface area contributed by atoms with Crippen molar-refractivity contribution >= 4 is 11.6 Å². The number of carbonyl (C=O) groups excluding carboxylic acids is 1. The zero-order valence-electron chi connectivity index (χ0n) is 12.8. The Morgan fingerprint density at radius 2 is 1.70 bits per heavy atom. The largest absolute Gasteiger partial charge is 0.399 e. The predicted octanol–water partition coefficient (Wildman–Crippen LogP) is 4.20. The Hall–Kier alpha value is -1.51. The zero-order chi connectivity index (χ0) is 14.8. The third kappa shape index (κ3) is 6.60. The van der Waals surface area contributed by atoms with Gasteiger partial charge in [0.2, 0.25) is 5.91 Å². The number of rotatable bonds is 9. The smallest absolute Gasteiger partial charge is 0.220 e. The van der Waals surface area contributed by atoms with Gasteiger partial charge in [0.1, 0.15) is 0 Å². The number of hydrogen-bond donors (Lipinski definition) is 2. The van der Waals surface area contributed by atoms with Gasteiger partial charge in [0.15, 0.2) is 0 Å². The van der Waals surface area contributed by atoms with Gasteiger partial charge in [0.25, 0.3) is 0 Å². The number of nitrogen functional groups attached to an aromatic ring is 1. The van der Waals surface area contributed by atoms with Gasteiger partial charge in [-0.1, -0.05) is 51.2 Å². The molecule has 0 aliphatic carbocycles. The van der Waals surface area contributed by atoms with E-state index in [0.717, 1.165) is 24.1 Å². The van der Waals surface area contributed by atoms with E-state index in [2.05, 4.69) is 12.2 Å². The molecule has 0 aliphatic heterocycles. The topological polar surface area (TPSA) is 55.1 Å². The molecule has 1 rings (SSSR count). The van der Waals surface area contributed by atoms with Gasteiger partial charge in [-0.2, -0.15) is 0 Å². The average molecular weight is 276 g/mol. The summed E-state index contributed by atoms with van der Waals surface area (Å²) in [6.07, 6.45) is 7.88. The van der Waals surface area contributed by atoms with E-state index in [9.17, 15) is 4.79 Å². The first kappa shape index (κ1) is 16.5. The molecule has 0 radical (unpaired) electrons. The first-order valence-electron chi connectivity index (χ1n) is 7.78. The van der Waals surface area contributed by atoms with Crippen LogP contribution in [0.1, 0.15) is 70.4 Å². The van der Waals surface area contributed by atoms with E-state index >= 15 is 0 Å². The van der Waals surface area contributed by atoms with Crippen LogP contribution in [-0.2, 0) is 4.79 Å². The van der Waals surface area contributed by atoms with Crippen molar-refractivity contribution in [3.8, 4) is 0 Å². The van der Waals surface area contributed by atoms with Crippen molar-refractivity contribution in [3.05, 3.63) is 29.8 Å². The highest BCUT2D eigenvalue weighted by atomic mass is 16.1. The molecule has 1 aromatic carbocycles. The molecule has 1 unspecified atom stereocenters. The second-order valence-electron chi connectivity index (χ2n) is 5.47. The molecule has 20 heavy (non-hydrogen) atoms. The first-order valence-corrected chi connectivity index (χ1v) is 7.78. The zero-order valence-corrected chi connectivity index (χ0v) is 12.8. The number of hydrogen-bond acceptors (Lipinski definition) is 2. The van der Waals surface area contributed by atoms with Crippen LogP contribution in [0, 0.1) is 0 Å². The maximum Gasteiger partial charge on any atom is 0.220 e. The minimum Gasteiger partial charge on any atom is -0.399 e. The standard InChI is InChI=1S/C17H28N2O/c1-3-4-5-6-7-8-9-17(20)19-14(2)15-10-12-16(18)13-11-15/h10-14H,3-9,18H2,1-2H3,(H,19,20). The number of unbranched alkanes of at least 4 members (excludes halogenated alkanes) is 5. The molecule has 0 aliphatic rings. The molecular weight excluding hydrogens is 248 g/mol. The molecule has 0 saturated carbocycles. The lowest BCUT2D eigenvalue weighted by Crippen LogP contribution is -2.26. The van der Waals surface area contributed by atoms with E-state index in [1.807, 2.05) is 31.2 Å². The fourth-order valence-corrected chi connectivity index (χ4v) is 2.25. The molecule has 3 heteroatoms. The number of amides is 1. The molecule has 1 atom stereocenters. The molecule has 0 saturated heterocycles. The lowest BCUT2D eigenvalue weighted by Gasteiger charge is -2.14. The van der Waals surface area contributed by atoms with Crippen molar-refractivity contribution in [2.24, 2.45) is 0 Å². The molecule has 0 aromatic heterocycles. The van der Waals surface area contributed by atoms with E-state index in [1.54, 1.807) is 0 Å². The van der Waals surface area contributed by atoms with Crippen LogP contribution in [0.25, 0.3) is 0 Å². The quantitative estimate of drug-likeness (QED) is 0.524. The first-order chi connectivity index (χ1) is 9.63. The van der Waals surface area contributed by atoms with Gasteiger partial charge in [0.05, 0.1) is 6.04 Å². The van der Waals surface area contributed by atoms with Crippen molar-refractivity contribution < 1.29 is 4.79 Å². The molecule has 0 bridgehead atoms. The van der Waals surface area contributed by atoms with E-state index in [4.69, 9.17) is 5.73 Å². The van der Waals surface area contributed by atoms with Gasteiger partial charge in [0, 0.05) is 12.1 Å². The molecule has 112 valence electrons. The Balaban J connectivity index is 2.19. The average Bonchev–Trinajstić information content (AvgIpc) is 2.43. The molecule has 0 spiro atoms. The van der Waals surface area contributed by atoms with Crippen molar-refractivity contribution in [1.82, 2.24) is 5.32 Å². The Bertz CT molecular complexity index is 386. The second-order valence-corrected chi connectivity index (χ2v) is 5.47. The monoisotopic (exact) mass is 276 g/mol. The van der Waals surface area contributed by atoms with Gasteiger partial charge in [-0.3, -0.25) is 4.79 Å². The Labute approximate surface area is 122 Å². The number of benzene rings is 1. The number of nitrogens with one attached hydrogen (secondary N) is 1. The lowest BCUT2D eigenvalue weighted by molar-refractivity contribution is -0.121. The highest BCUT2D eigenvalue weighted by molar-refractivity contribution is 5.76. The van der Waals surface area contributed by atoms with Crippen molar-refractivity contribution in [3.63, 3.8) is 0 Å². The summed E-state index contributed by atoms with van der Waals surface area (Å²) in [7, 11) is 0. The molecule has 3 nitrogen and oxygen atoms in total. The molecule has 0 fully saturated rings. The molecule has 1 aromatic rings. The fraction of sp³-hybridized carbons (Fsp3) is 0.588. The summed E-state index contributed by atoms with van der Waals surface area (Å²) >= 11 is 0. The summed E-state index contributed by atoms with van der Waals surface area (Å²) in [5.41, 5.74) is 7.50. The minimum absolute atomic E-state index is 0.0446. The van der Waals surface area contributed by atoms with Gasteiger partial charge >= 0.3 is 0 Å². The third-order valence-corrected chi connectivity index (χ3v) is 3.57. The Kier molecular flexibility index (Phi) is 7.78. The maximum atomic E-state index is 11.8. The number of carbonyl (C=O) groups is 1. The van der Waals surface area contributed by atoms with Crippen molar-refractivity contribution in [2.45, 2.75) is 64.8 Å². The van der Waals surface area contributed by atoms with Gasteiger partial charge in [-0.05, 0) is 31.0 Å². The van der Waals surface area contributed by atoms with E-state index < -0.39 is 0 Å². The Morgan fingerprint density at radius 3 is 2.35 bits per heavy atom. The third-order valence-electron chi connectivity index (χ3n) is 3.57. The number of anilines is 1. The van der Waals surface area contributed by atoms with Crippen LogP contribution in [0.2, 0.25) is 0 Å². The van der Waals surface area contributed by atoms with Crippen LogP contribution in [0.3, 0.4) is 0 Å². The summed E-state index contributed by atoms with van der Waals surface area (Å²) in [6.45, 7) is 4.22. The summed E-state index contributed by atoms with van der Waals surface area (Å²) in [5.74, 6) is 0.143. The number of nitrogens with two attached hydrogens (primary N) is 1. The fourth-order valence-electron chi connectivity index (χ4n) is 2.25. The molecular formula is C17H28N2O. The van der Waals surface area contributed by atoms with Crippen LogP contribution < -0.4 is 11.1 Å². The van der Waals surface area contributed by atoms with Gasteiger partial charge in [-0.15, -0.1) is 0 Å². The predicted molar refractivity (Wildman–Crippen MR) is 85.4 cm³/mol. The summed E-state index contributed by atoms with van der Waals surface area (Å²) in [4.78, 5) is 11.8. The van der Waals surface area contributed by atoms with Crippen LogP contribution in [0.5, 0.6) is 0 Å². The molecule has 3 N–H and O–H groups in total. The van der Waals surface area contributed by atoms with Gasteiger partial charge in [-0.25, -0.2) is 0 Å². The minimum atomic E-state index is 0.0446. The SMILES string of the molecule is CCCCCCCCC(=O)NC(C)c1ccc(N)cc1. The van der Waals surface area contributed by atoms with Crippen LogP contribution in [0.4, 0.5) is 5.69 Å². The van der Waals surface area contributed by atoms with E-state index in [0.29, 0.717) is 6.42 Å². The normalized spacial score (nSPS) is 12.1. The highest BCUT2D eigenvalue weighted by Gasteiger charge is 2.08. The summed E-state index contributed by atoms with van der Waals surface area (Å²) < 4.78 is 0.